The van der Waals surface area contributed by atoms with Gasteiger partial charge in [0.25, 0.3) is 0 Å². The first kappa shape index (κ1) is 17.9. The second-order valence-corrected chi connectivity index (χ2v) is 6.03. The van der Waals surface area contributed by atoms with Gasteiger partial charge in [-0.15, -0.1) is 0 Å². The van der Waals surface area contributed by atoms with Crippen LogP contribution in [0.4, 0.5) is 0 Å². The summed E-state index contributed by atoms with van der Waals surface area (Å²) < 4.78 is 0. The van der Waals surface area contributed by atoms with Crippen LogP contribution in [-0.4, -0.2) is 36.1 Å². The molecule has 112 valence electrons. The highest BCUT2D eigenvalue weighted by Crippen LogP contribution is 2.25. The molecule has 0 saturated heterocycles. The molecule has 0 unspecified atom stereocenters. The van der Waals surface area contributed by atoms with Crippen LogP contribution in [-0.2, 0) is 9.59 Å². The van der Waals surface area contributed by atoms with Crippen LogP contribution >= 0.6 is 0 Å². The van der Waals surface area contributed by atoms with Crippen molar-refractivity contribution in [3.63, 3.8) is 0 Å². The zero-order valence-corrected chi connectivity index (χ0v) is 12.6. The zero-order valence-electron chi connectivity index (χ0n) is 12.6. The van der Waals surface area contributed by atoms with Crippen molar-refractivity contribution in [1.29, 1.82) is 0 Å². The summed E-state index contributed by atoms with van der Waals surface area (Å²) in [5, 5.41) is 14.7. The molecular formula is C14H28N2O3. The summed E-state index contributed by atoms with van der Waals surface area (Å²) in [4.78, 5) is 21.9. The molecule has 3 N–H and O–H groups in total. The largest absolute Gasteiger partial charge is 0.481 e. The molecule has 0 radical (unpaired) electrons. The molecule has 0 fully saturated rings. The van der Waals surface area contributed by atoms with Gasteiger partial charge in [0, 0.05) is 25.4 Å². The van der Waals surface area contributed by atoms with Crippen LogP contribution in [0, 0.1) is 5.41 Å². The standard InChI is InChI=1S/C14H28N2O3/c1-11(2)16-12(17)6-9-15-10-8-14(3,4)7-5-13(18)19/h11,15H,5-10H2,1-4H3,(H,16,17)(H,18,19). The summed E-state index contributed by atoms with van der Waals surface area (Å²) in [5.41, 5.74) is 0.0194. The van der Waals surface area contributed by atoms with E-state index in [1.165, 1.54) is 0 Å². The van der Waals surface area contributed by atoms with E-state index in [0.717, 1.165) is 13.0 Å². The number of amides is 1. The first-order chi connectivity index (χ1) is 8.73. The maximum absolute atomic E-state index is 11.4. The normalized spacial score (nSPS) is 11.6. The molecule has 0 rings (SSSR count). The fraction of sp³-hybridized carbons (Fsp3) is 0.857. The molecule has 0 bridgehead atoms. The molecular weight excluding hydrogens is 244 g/mol. The summed E-state index contributed by atoms with van der Waals surface area (Å²) in [6.45, 7) is 9.49. The third-order valence-corrected chi connectivity index (χ3v) is 2.97. The highest BCUT2D eigenvalue weighted by molar-refractivity contribution is 5.76. The van der Waals surface area contributed by atoms with Crippen molar-refractivity contribution in [2.75, 3.05) is 13.1 Å². The van der Waals surface area contributed by atoms with Gasteiger partial charge in [0.2, 0.25) is 5.91 Å². The summed E-state index contributed by atoms with van der Waals surface area (Å²) in [6.07, 6.45) is 2.28. The zero-order chi connectivity index (χ0) is 14.9. The van der Waals surface area contributed by atoms with Gasteiger partial charge in [-0.1, -0.05) is 13.8 Å². The minimum absolute atomic E-state index is 0.0194. The summed E-state index contributed by atoms with van der Waals surface area (Å²) in [5.74, 6) is -0.681. The van der Waals surface area contributed by atoms with E-state index in [1.807, 2.05) is 13.8 Å². The molecule has 19 heavy (non-hydrogen) atoms. The monoisotopic (exact) mass is 272 g/mol. The predicted octanol–water partition coefficient (Wildman–Crippen LogP) is 1.77. The lowest BCUT2D eigenvalue weighted by Crippen LogP contribution is -2.33. The first-order valence-corrected chi connectivity index (χ1v) is 6.95. The molecule has 5 nitrogen and oxygen atoms in total. The lowest BCUT2D eigenvalue weighted by atomic mass is 9.84. The molecule has 5 heteroatoms. The van der Waals surface area contributed by atoms with Crippen LogP contribution in [0.3, 0.4) is 0 Å². The Morgan fingerprint density at radius 2 is 1.74 bits per heavy atom. The molecule has 0 aromatic rings. The molecule has 0 aromatic heterocycles. The van der Waals surface area contributed by atoms with Gasteiger partial charge in [0.1, 0.15) is 0 Å². The molecule has 0 atom stereocenters. The van der Waals surface area contributed by atoms with Gasteiger partial charge in [-0.05, 0) is 38.6 Å². The van der Waals surface area contributed by atoms with E-state index in [1.54, 1.807) is 0 Å². The van der Waals surface area contributed by atoms with Crippen molar-refractivity contribution in [1.82, 2.24) is 10.6 Å². The molecule has 0 aliphatic heterocycles. The molecule has 0 aliphatic rings. The van der Waals surface area contributed by atoms with E-state index < -0.39 is 5.97 Å². The van der Waals surface area contributed by atoms with E-state index >= 15 is 0 Å². The van der Waals surface area contributed by atoms with Gasteiger partial charge in [0.05, 0.1) is 0 Å². The highest BCUT2D eigenvalue weighted by atomic mass is 16.4. The smallest absolute Gasteiger partial charge is 0.303 e. The summed E-state index contributed by atoms with van der Waals surface area (Å²) in [7, 11) is 0. The lowest BCUT2D eigenvalue weighted by Gasteiger charge is -2.23. The van der Waals surface area contributed by atoms with Crippen LogP contribution in [0.25, 0.3) is 0 Å². The number of carbonyl (C=O) groups excluding carboxylic acids is 1. The molecule has 0 heterocycles. The predicted molar refractivity (Wildman–Crippen MR) is 76.0 cm³/mol. The van der Waals surface area contributed by atoms with Gasteiger partial charge in [-0.3, -0.25) is 9.59 Å². The maximum Gasteiger partial charge on any atom is 0.303 e. The van der Waals surface area contributed by atoms with E-state index in [9.17, 15) is 9.59 Å². The number of carboxylic acids is 1. The average molecular weight is 272 g/mol. The van der Waals surface area contributed by atoms with E-state index in [-0.39, 0.29) is 23.8 Å². The number of carboxylic acid groups (broad SMARTS) is 1. The first-order valence-electron chi connectivity index (χ1n) is 6.95. The molecule has 0 spiro atoms. The highest BCUT2D eigenvalue weighted by Gasteiger charge is 2.18. The topological polar surface area (TPSA) is 78.4 Å². The van der Waals surface area contributed by atoms with Gasteiger partial charge in [-0.25, -0.2) is 0 Å². The maximum atomic E-state index is 11.4. The Balaban J connectivity index is 3.62. The second-order valence-electron chi connectivity index (χ2n) is 6.03. The van der Waals surface area contributed by atoms with Crippen LogP contribution in [0.2, 0.25) is 0 Å². The van der Waals surface area contributed by atoms with Crippen molar-refractivity contribution in [3.8, 4) is 0 Å². The van der Waals surface area contributed by atoms with E-state index in [0.29, 0.717) is 19.4 Å². The fourth-order valence-electron chi connectivity index (χ4n) is 1.72. The van der Waals surface area contributed by atoms with Gasteiger partial charge in [0.15, 0.2) is 0 Å². The van der Waals surface area contributed by atoms with Crippen LogP contribution in [0.15, 0.2) is 0 Å². The minimum atomic E-state index is -0.744. The molecule has 1 amide bonds. The Kier molecular flexibility index (Phi) is 8.39. The Labute approximate surface area is 116 Å². The SMILES string of the molecule is CC(C)NC(=O)CCNCCC(C)(C)CCC(=O)O. The number of carbonyl (C=O) groups is 2. The van der Waals surface area contributed by atoms with Gasteiger partial charge >= 0.3 is 5.97 Å². The third kappa shape index (κ3) is 11.7. The Hall–Kier alpha value is -1.10. The summed E-state index contributed by atoms with van der Waals surface area (Å²) in [6, 6.07) is 0.183. The van der Waals surface area contributed by atoms with E-state index in [2.05, 4.69) is 24.5 Å². The van der Waals surface area contributed by atoms with Crippen molar-refractivity contribution in [2.45, 2.75) is 59.4 Å². The fourth-order valence-corrected chi connectivity index (χ4v) is 1.72. The van der Waals surface area contributed by atoms with Crippen molar-refractivity contribution < 1.29 is 14.7 Å². The Morgan fingerprint density at radius 3 is 2.26 bits per heavy atom. The van der Waals surface area contributed by atoms with Crippen molar-refractivity contribution >= 4 is 11.9 Å². The minimum Gasteiger partial charge on any atom is -0.481 e. The number of aliphatic carboxylic acids is 1. The summed E-state index contributed by atoms with van der Waals surface area (Å²) >= 11 is 0. The number of nitrogens with one attached hydrogen (secondary N) is 2. The van der Waals surface area contributed by atoms with Crippen LogP contribution in [0.5, 0.6) is 0 Å². The van der Waals surface area contributed by atoms with E-state index in [4.69, 9.17) is 5.11 Å². The Bertz CT molecular complexity index is 288. The van der Waals surface area contributed by atoms with Crippen molar-refractivity contribution in [3.05, 3.63) is 0 Å². The lowest BCUT2D eigenvalue weighted by molar-refractivity contribution is -0.137. The molecule has 0 aliphatic carbocycles. The van der Waals surface area contributed by atoms with Crippen LogP contribution < -0.4 is 10.6 Å². The van der Waals surface area contributed by atoms with Crippen molar-refractivity contribution in [2.24, 2.45) is 5.41 Å². The number of hydrogen-bond donors (Lipinski definition) is 3. The van der Waals surface area contributed by atoms with Gasteiger partial charge in [-0.2, -0.15) is 0 Å². The third-order valence-electron chi connectivity index (χ3n) is 2.97. The number of hydrogen-bond acceptors (Lipinski definition) is 3. The average Bonchev–Trinajstić information content (AvgIpc) is 2.25. The molecule has 0 saturated carbocycles. The number of rotatable bonds is 10. The molecule has 0 aromatic carbocycles. The van der Waals surface area contributed by atoms with Crippen LogP contribution in [0.1, 0.15) is 53.4 Å². The quantitative estimate of drug-likeness (QED) is 0.530. The second kappa shape index (κ2) is 8.91. The Morgan fingerprint density at radius 1 is 1.11 bits per heavy atom. The van der Waals surface area contributed by atoms with Gasteiger partial charge < -0.3 is 15.7 Å².